The Morgan fingerprint density at radius 3 is 1.98 bits per heavy atom. The van der Waals surface area contributed by atoms with E-state index < -0.39 is 59.7 Å². The van der Waals surface area contributed by atoms with Gasteiger partial charge in [0.15, 0.2) is 0 Å². The van der Waals surface area contributed by atoms with E-state index >= 15 is 0 Å². The molecule has 0 saturated heterocycles. The van der Waals surface area contributed by atoms with E-state index in [-0.39, 0.29) is 42.8 Å². The fourth-order valence-corrected chi connectivity index (χ4v) is 7.62. The second-order valence-corrected chi connectivity index (χ2v) is 14.7. The summed E-state index contributed by atoms with van der Waals surface area (Å²) in [6.07, 6.45) is 2.42. The monoisotopic (exact) mass is 766 g/mol. The maximum atomic E-state index is 13.9. The van der Waals surface area contributed by atoms with Gasteiger partial charge in [-0.3, -0.25) is 9.44 Å². The molecule has 0 aliphatic heterocycles. The Bertz CT molecular complexity index is 2710. The van der Waals surface area contributed by atoms with Crippen LogP contribution in [-0.2, 0) is 20.0 Å². The molecule has 0 amide bonds. The molecule has 7 rings (SSSR count). The van der Waals surface area contributed by atoms with Crippen molar-refractivity contribution in [2.75, 3.05) is 9.44 Å². The summed E-state index contributed by atoms with van der Waals surface area (Å²) in [5, 5.41) is 10.6. The lowest BCUT2D eigenvalue weighted by Crippen LogP contribution is -2.14. The van der Waals surface area contributed by atoms with Gasteiger partial charge in [-0.15, -0.1) is 0 Å². The highest BCUT2D eigenvalue weighted by Crippen LogP contribution is 2.32. The zero-order valence-electron chi connectivity index (χ0n) is 25.0. The molecular formula is C31H20Cl2F4N6O5S2. The average Bonchev–Trinajstić information content (AvgIpc) is 3.68. The summed E-state index contributed by atoms with van der Waals surface area (Å²) in [6.45, 7) is 1.38. The van der Waals surface area contributed by atoms with E-state index in [4.69, 9.17) is 23.2 Å². The molecule has 19 heteroatoms. The normalized spacial score (nSPS) is 11.9. The Balaban J connectivity index is 0.000000175. The Morgan fingerprint density at radius 1 is 0.700 bits per heavy atom. The summed E-state index contributed by atoms with van der Waals surface area (Å²) in [5.74, 6) is -3.77. The first-order valence-corrected chi connectivity index (χ1v) is 17.7. The van der Waals surface area contributed by atoms with Crippen molar-refractivity contribution >= 4 is 87.5 Å². The number of nitrogens with zero attached hydrogens (tertiary/aromatic N) is 2. The summed E-state index contributed by atoms with van der Waals surface area (Å²) in [7, 11) is -8.38. The van der Waals surface area contributed by atoms with Crippen LogP contribution in [0.5, 0.6) is 5.88 Å². The van der Waals surface area contributed by atoms with Crippen LogP contribution in [0, 0.1) is 30.2 Å². The number of sulfonamides is 2. The summed E-state index contributed by atoms with van der Waals surface area (Å²) >= 11 is 11.2. The number of rotatable bonds is 6. The van der Waals surface area contributed by atoms with Crippen LogP contribution in [0.3, 0.4) is 0 Å². The molecule has 0 atom stereocenters. The van der Waals surface area contributed by atoms with Crippen LogP contribution in [-0.4, -0.2) is 41.9 Å². The van der Waals surface area contributed by atoms with Crippen molar-refractivity contribution in [3.05, 3.63) is 112 Å². The Hall–Kier alpha value is -5.10. The minimum Gasteiger partial charge on any atom is -0.493 e. The minimum atomic E-state index is -4.25. The number of aromatic amines is 2. The highest BCUT2D eigenvalue weighted by atomic mass is 35.5. The molecule has 0 aliphatic rings. The van der Waals surface area contributed by atoms with E-state index in [9.17, 15) is 39.5 Å². The predicted octanol–water partition coefficient (Wildman–Crippen LogP) is 7.76. The number of hydrogen-bond donors (Lipinski definition) is 5. The average molecular weight is 768 g/mol. The van der Waals surface area contributed by atoms with Crippen LogP contribution in [0.2, 0.25) is 10.2 Å². The number of H-pyrrole nitrogens is 2. The number of benzene rings is 3. The third kappa shape index (κ3) is 6.72. The zero-order chi connectivity index (χ0) is 36.1. The van der Waals surface area contributed by atoms with Gasteiger partial charge in [0.25, 0.3) is 20.0 Å². The maximum Gasteiger partial charge on any atom is 0.264 e. The van der Waals surface area contributed by atoms with Crippen molar-refractivity contribution in [1.29, 1.82) is 0 Å². The van der Waals surface area contributed by atoms with E-state index in [2.05, 4.69) is 19.9 Å². The predicted molar refractivity (Wildman–Crippen MR) is 180 cm³/mol. The lowest BCUT2D eigenvalue weighted by atomic mass is 10.1. The van der Waals surface area contributed by atoms with Crippen molar-refractivity contribution in [2.24, 2.45) is 0 Å². The molecule has 0 bridgehead atoms. The van der Waals surface area contributed by atoms with Gasteiger partial charge in [-0.1, -0.05) is 35.3 Å². The van der Waals surface area contributed by atoms with Crippen LogP contribution in [0.1, 0.15) is 5.56 Å². The first-order valence-electron chi connectivity index (χ1n) is 13.9. The smallest absolute Gasteiger partial charge is 0.264 e. The first kappa shape index (κ1) is 34.8. The first-order chi connectivity index (χ1) is 23.5. The molecule has 0 fully saturated rings. The Labute approximate surface area is 290 Å². The van der Waals surface area contributed by atoms with Crippen molar-refractivity contribution in [2.45, 2.75) is 16.7 Å². The fraction of sp³-hybridized carbons (Fsp3) is 0.0323. The molecule has 0 radical (unpaired) electrons. The molecule has 5 N–H and O–H groups in total. The van der Waals surface area contributed by atoms with Gasteiger partial charge < -0.3 is 15.1 Å². The van der Waals surface area contributed by atoms with E-state index in [0.717, 1.165) is 12.1 Å². The number of halogens is 6. The largest absolute Gasteiger partial charge is 0.493 e. The lowest BCUT2D eigenvalue weighted by Gasteiger charge is -2.09. The molecule has 11 nitrogen and oxygen atoms in total. The molecule has 50 heavy (non-hydrogen) atoms. The van der Waals surface area contributed by atoms with Gasteiger partial charge in [-0.2, -0.15) is 0 Å². The number of aryl methyl sites for hydroxylation is 1. The summed E-state index contributed by atoms with van der Waals surface area (Å²) in [5.41, 5.74) is 0.0706. The Morgan fingerprint density at radius 2 is 1.28 bits per heavy atom. The molecule has 7 aromatic rings. The second-order valence-electron chi connectivity index (χ2n) is 10.6. The standard InChI is InChI=1S/C17H10ClF2N3O3S.C14H10ClF2N3O2S/c18-10-5-12(20)13(6-11(10)19)23-27(25,26)14-7-21-17-9(14)3-1-8-2-4-15(24)22-16(8)17;1-7-4-10(17)11(5-9(7)16)20-23(21,22)12-6-18-14-8(12)2-3-13(15)19-14/h1-7,21,23H,(H,22,24);2-6,20H,1H3,(H,18,19). The van der Waals surface area contributed by atoms with Gasteiger partial charge in [0, 0.05) is 46.8 Å². The molecule has 0 saturated carbocycles. The molecule has 0 unspecified atom stereocenters. The van der Waals surface area contributed by atoms with Gasteiger partial charge in [0.2, 0.25) is 5.88 Å². The van der Waals surface area contributed by atoms with Crippen LogP contribution in [0.15, 0.2) is 82.8 Å². The third-order valence-electron chi connectivity index (χ3n) is 7.25. The van der Waals surface area contributed by atoms with E-state index in [0.29, 0.717) is 28.6 Å². The molecule has 4 heterocycles. The zero-order valence-corrected chi connectivity index (χ0v) is 28.1. The molecular weight excluding hydrogens is 747 g/mol. The van der Waals surface area contributed by atoms with Crippen molar-refractivity contribution in [1.82, 2.24) is 19.9 Å². The molecule has 0 aliphatic carbocycles. The fourth-order valence-electron chi connectivity index (χ4n) is 4.87. The molecule has 0 spiro atoms. The lowest BCUT2D eigenvalue weighted by molar-refractivity contribution is 0.456. The van der Waals surface area contributed by atoms with Crippen molar-refractivity contribution in [3.63, 3.8) is 0 Å². The number of fused-ring (bicyclic) bond motifs is 4. The number of aromatic hydroxyl groups is 1. The number of hydrogen-bond acceptors (Lipinski definition) is 7. The van der Waals surface area contributed by atoms with Crippen LogP contribution < -0.4 is 9.44 Å². The summed E-state index contributed by atoms with van der Waals surface area (Å²) in [6, 6.07) is 12.2. The SMILES string of the molecule is Cc1cc(F)c(NS(=O)(=O)c2c[nH]c3nc(Cl)ccc23)cc1F.O=S(=O)(Nc1cc(F)c(Cl)cc1F)c1c[nH]c2c1ccc1ccc(O)nc12. The van der Waals surface area contributed by atoms with Gasteiger partial charge in [0.1, 0.15) is 43.9 Å². The quantitative estimate of drug-likeness (QED) is 0.0654. The van der Waals surface area contributed by atoms with Crippen LogP contribution in [0.25, 0.3) is 32.8 Å². The van der Waals surface area contributed by atoms with Crippen LogP contribution in [0.4, 0.5) is 28.9 Å². The number of nitrogens with one attached hydrogen (secondary N) is 4. The molecule has 4 aromatic heterocycles. The van der Waals surface area contributed by atoms with Gasteiger partial charge >= 0.3 is 0 Å². The second kappa shape index (κ2) is 13.0. The number of pyridine rings is 2. The third-order valence-corrected chi connectivity index (χ3v) is 10.6. The van der Waals surface area contributed by atoms with E-state index in [1.807, 2.05) is 9.44 Å². The molecule has 258 valence electrons. The van der Waals surface area contributed by atoms with E-state index in [1.165, 1.54) is 37.5 Å². The molecule has 3 aromatic carbocycles. The van der Waals surface area contributed by atoms with Gasteiger partial charge in [-0.05, 0) is 42.8 Å². The highest BCUT2D eigenvalue weighted by Gasteiger charge is 2.24. The van der Waals surface area contributed by atoms with Crippen molar-refractivity contribution < 1.29 is 39.5 Å². The Kier molecular flexibility index (Phi) is 9.02. The summed E-state index contributed by atoms with van der Waals surface area (Å²) < 4.78 is 109. The topological polar surface area (TPSA) is 170 Å². The summed E-state index contributed by atoms with van der Waals surface area (Å²) in [4.78, 5) is 13.1. The van der Waals surface area contributed by atoms with Gasteiger partial charge in [-0.25, -0.2) is 44.4 Å². The maximum absolute atomic E-state index is 13.9. The van der Waals surface area contributed by atoms with Crippen molar-refractivity contribution in [3.8, 4) is 5.88 Å². The highest BCUT2D eigenvalue weighted by molar-refractivity contribution is 7.93. The number of anilines is 2. The van der Waals surface area contributed by atoms with Crippen LogP contribution >= 0.6 is 23.2 Å². The van der Waals surface area contributed by atoms with E-state index in [1.54, 1.807) is 18.2 Å². The van der Waals surface area contributed by atoms with Gasteiger partial charge in [0.05, 0.1) is 27.4 Å². The number of aromatic nitrogens is 4. The minimum absolute atomic E-state index is 0.0800.